The second kappa shape index (κ2) is 8.95. The van der Waals surface area contributed by atoms with E-state index in [0.717, 1.165) is 43.8 Å². The van der Waals surface area contributed by atoms with Crippen molar-refractivity contribution in [3.8, 4) is 11.3 Å². The van der Waals surface area contributed by atoms with Gasteiger partial charge in [-0.15, -0.1) is 0 Å². The molecule has 0 atom stereocenters. The van der Waals surface area contributed by atoms with E-state index in [1.807, 2.05) is 0 Å². The molecule has 3 N–H and O–H groups in total. The van der Waals surface area contributed by atoms with Crippen molar-refractivity contribution in [2.75, 3.05) is 29.0 Å². The van der Waals surface area contributed by atoms with Crippen LogP contribution in [0.4, 0.5) is 49.6 Å². The number of piperidine rings is 1. The minimum absolute atomic E-state index is 0.104. The van der Waals surface area contributed by atoms with Crippen LogP contribution in [-0.2, 0) is 12.4 Å². The van der Waals surface area contributed by atoms with Crippen LogP contribution in [0, 0.1) is 0 Å². The van der Waals surface area contributed by atoms with Crippen LogP contribution in [0.3, 0.4) is 0 Å². The molecule has 0 bridgehead atoms. The zero-order valence-electron chi connectivity index (χ0n) is 17.6. The molecule has 7 nitrogen and oxygen atoms in total. The molecule has 4 heterocycles. The van der Waals surface area contributed by atoms with E-state index in [9.17, 15) is 26.3 Å². The van der Waals surface area contributed by atoms with Gasteiger partial charge in [-0.05, 0) is 31.4 Å². The Morgan fingerprint density at radius 2 is 1.59 bits per heavy atom. The van der Waals surface area contributed by atoms with Gasteiger partial charge in [-0.3, -0.25) is 4.98 Å². The second-order valence-corrected chi connectivity index (χ2v) is 7.68. The highest BCUT2D eigenvalue weighted by Gasteiger charge is 2.36. The largest absolute Gasteiger partial charge is 0.419 e. The Labute approximate surface area is 190 Å². The highest BCUT2D eigenvalue weighted by atomic mass is 19.4. The molecule has 1 saturated heterocycles. The van der Waals surface area contributed by atoms with Crippen LogP contribution in [0.25, 0.3) is 11.3 Å². The Morgan fingerprint density at radius 3 is 2.26 bits per heavy atom. The third-order valence-electron chi connectivity index (χ3n) is 5.25. The Kier molecular flexibility index (Phi) is 6.19. The van der Waals surface area contributed by atoms with E-state index >= 15 is 0 Å². The lowest BCUT2D eigenvalue weighted by atomic mass is 10.1. The van der Waals surface area contributed by atoms with Crippen molar-refractivity contribution < 1.29 is 26.3 Å². The summed E-state index contributed by atoms with van der Waals surface area (Å²) >= 11 is 0. The van der Waals surface area contributed by atoms with E-state index in [0.29, 0.717) is 25.4 Å². The van der Waals surface area contributed by atoms with Crippen LogP contribution in [0.15, 0.2) is 36.8 Å². The van der Waals surface area contributed by atoms with Crippen molar-refractivity contribution >= 4 is 23.3 Å². The Morgan fingerprint density at radius 1 is 0.882 bits per heavy atom. The van der Waals surface area contributed by atoms with Crippen LogP contribution >= 0.6 is 0 Å². The number of alkyl halides is 6. The number of anilines is 4. The predicted molar refractivity (Wildman–Crippen MR) is 113 cm³/mol. The first-order valence-corrected chi connectivity index (χ1v) is 10.3. The lowest BCUT2D eigenvalue weighted by Gasteiger charge is -2.27. The first kappa shape index (κ1) is 23.5. The lowest BCUT2D eigenvalue weighted by molar-refractivity contribution is -0.138. The number of nitrogens with zero attached hydrogens (tertiary/aromatic N) is 5. The molecule has 3 aromatic heterocycles. The number of rotatable bonds is 4. The molecule has 13 heteroatoms. The van der Waals surface area contributed by atoms with Crippen molar-refractivity contribution in [3.05, 3.63) is 47.9 Å². The molecule has 1 aliphatic rings. The fourth-order valence-electron chi connectivity index (χ4n) is 3.65. The SMILES string of the molecule is Nc1cc(C(F)(F)F)c(-c2cc(Nc3ccncc3C(F)(F)F)nc(N3CCCCC3)n2)cn1. The van der Waals surface area contributed by atoms with Gasteiger partial charge in [0, 0.05) is 43.3 Å². The summed E-state index contributed by atoms with van der Waals surface area (Å²) in [5.74, 6) is -0.328. The monoisotopic (exact) mass is 483 g/mol. The maximum atomic E-state index is 13.7. The molecule has 0 amide bonds. The number of halogens is 6. The summed E-state index contributed by atoms with van der Waals surface area (Å²) in [7, 11) is 0. The lowest BCUT2D eigenvalue weighted by Crippen LogP contribution is -2.31. The van der Waals surface area contributed by atoms with Gasteiger partial charge in [0.25, 0.3) is 0 Å². The summed E-state index contributed by atoms with van der Waals surface area (Å²) in [5, 5.41) is 2.57. The summed E-state index contributed by atoms with van der Waals surface area (Å²) in [5.41, 5.74) is 2.50. The van der Waals surface area contributed by atoms with E-state index in [1.165, 1.54) is 0 Å². The van der Waals surface area contributed by atoms with Gasteiger partial charge in [0.15, 0.2) is 0 Å². The molecule has 1 aliphatic heterocycles. The summed E-state index contributed by atoms with van der Waals surface area (Å²) in [6.07, 6.45) is -4.06. The third-order valence-corrected chi connectivity index (χ3v) is 5.25. The second-order valence-electron chi connectivity index (χ2n) is 7.68. The molecule has 0 radical (unpaired) electrons. The fraction of sp³-hybridized carbons (Fsp3) is 0.333. The van der Waals surface area contributed by atoms with Crippen LogP contribution in [0.1, 0.15) is 30.4 Å². The van der Waals surface area contributed by atoms with Gasteiger partial charge >= 0.3 is 12.4 Å². The van der Waals surface area contributed by atoms with E-state index in [-0.39, 0.29) is 34.5 Å². The van der Waals surface area contributed by atoms with Crippen molar-refractivity contribution in [3.63, 3.8) is 0 Å². The van der Waals surface area contributed by atoms with Crippen LogP contribution in [0.2, 0.25) is 0 Å². The third kappa shape index (κ3) is 5.13. The minimum atomic E-state index is -4.76. The molecular weight excluding hydrogens is 464 g/mol. The number of hydrogen-bond acceptors (Lipinski definition) is 7. The number of nitrogens with one attached hydrogen (secondary N) is 1. The van der Waals surface area contributed by atoms with Crippen LogP contribution in [-0.4, -0.2) is 33.0 Å². The predicted octanol–water partition coefficient (Wildman–Crippen LogP) is 5.29. The molecule has 34 heavy (non-hydrogen) atoms. The number of nitrogens with two attached hydrogens (primary N) is 1. The van der Waals surface area contributed by atoms with Crippen molar-refractivity contribution in [1.82, 2.24) is 19.9 Å². The molecule has 4 rings (SSSR count). The first-order valence-electron chi connectivity index (χ1n) is 10.3. The molecule has 1 fully saturated rings. The smallest absolute Gasteiger partial charge is 0.384 e. The summed E-state index contributed by atoms with van der Waals surface area (Å²) in [6.45, 7) is 1.14. The maximum Gasteiger partial charge on any atom is 0.419 e. The highest BCUT2D eigenvalue weighted by molar-refractivity contribution is 5.71. The maximum absolute atomic E-state index is 13.7. The molecule has 0 spiro atoms. The highest BCUT2D eigenvalue weighted by Crippen LogP contribution is 2.39. The average Bonchev–Trinajstić information content (AvgIpc) is 2.78. The molecule has 0 aromatic carbocycles. The van der Waals surface area contributed by atoms with E-state index in [4.69, 9.17) is 5.73 Å². The number of nitrogen functional groups attached to an aromatic ring is 1. The van der Waals surface area contributed by atoms with Crippen LogP contribution < -0.4 is 16.0 Å². The van der Waals surface area contributed by atoms with Gasteiger partial charge in [0.05, 0.1) is 22.5 Å². The number of pyridine rings is 2. The van der Waals surface area contributed by atoms with E-state index in [2.05, 4.69) is 25.3 Å². The van der Waals surface area contributed by atoms with Crippen molar-refractivity contribution in [1.29, 1.82) is 0 Å². The minimum Gasteiger partial charge on any atom is -0.384 e. The van der Waals surface area contributed by atoms with E-state index in [1.54, 1.807) is 4.90 Å². The molecule has 0 aliphatic carbocycles. The first-order chi connectivity index (χ1) is 16.0. The van der Waals surface area contributed by atoms with E-state index < -0.39 is 23.5 Å². The van der Waals surface area contributed by atoms with Crippen molar-refractivity contribution in [2.24, 2.45) is 0 Å². The topological polar surface area (TPSA) is 92.8 Å². The van der Waals surface area contributed by atoms with Gasteiger partial charge in [-0.25, -0.2) is 9.97 Å². The van der Waals surface area contributed by atoms with Crippen LogP contribution in [0.5, 0.6) is 0 Å². The van der Waals surface area contributed by atoms with Crippen molar-refractivity contribution in [2.45, 2.75) is 31.6 Å². The molecule has 0 saturated carbocycles. The Hall–Kier alpha value is -3.64. The fourth-order valence-corrected chi connectivity index (χ4v) is 3.65. The molecule has 3 aromatic rings. The zero-order valence-corrected chi connectivity index (χ0v) is 17.6. The Balaban J connectivity index is 1.85. The number of aromatic nitrogens is 4. The molecule has 0 unspecified atom stereocenters. The average molecular weight is 483 g/mol. The van der Waals surface area contributed by atoms with Gasteiger partial charge in [0.2, 0.25) is 5.95 Å². The van der Waals surface area contributed by atoms with Gasteiger partial charge in [0.1, 0.15) is 11.6 Å². The standard InChI is InChI=1S/C21H19F6N7/c22-20(23,24)13-8-17(28)30-10-12(13)16-9-18(33-19(32-16)34-6-2-1-3-7-34)31-15-4-5-29-11-14(15)21(25,26)27/h4-5,8-11H,1-3,6-7H2,(H2,28,30)(H,29,31,32,33). The number of hydrogen-bond donors (Lipinski definition) is 2. The Bertz CT molecular complexity index is 1170. The zero-order chi connectivity index (χ0) is 24.5. The van der Waals surface area contributed by atoms with Gasteiger partial charge in [-0.1, -0.05) is 0 Å². The summed E-state index contributed by atoms with van der Waals surface area (Å²) < 4.78 is 81.4. The quantitative estimate of drug-likeness (QED) is 0.488. The molecular formula is C21H19F6N7. The summed E-state index contributed by atoms with van der Waals surface area (Å²) in [6, 6.07) is 2.95. The van der Waals surface area contributed by atoms with Gasteiger partial charge < -0.3 is 16.0 Å². The normalized spacial score (nSPS) is 14.8. The van der Waals surface area contributed by atoms with Gasteiger partial charge in [-0.2, -0.15) is 31.3 Å². The molecule has 180 valence electrons. The summed E-state index contributed by atoms with van der Waals surface area (Å²) in [4.78, 5) is 17.7.